The predicted octanol–water partition coefficient (Wildman–Crippen LogP) is 1.94. The van der Waals surface area contributed by atoms with Crippen LogP contribution in [-0.4, -0.2) is 26.6 Å². The third-order valence-corrected chi connectivity index (χ3v) is 2.56. The first-order valence-electron chi connectivity index (χ1n) is 5.16. The van der Waals surface area contributed by atoms with Crippen molar-refractivity contribution in [3.8, 4) is 0 Å². The molecule has 2 unspecified atom stereocenters. The van der Waals surface area contributed by atoms with Crippen molar-refractivity contribution in [3.05, 3.63) is 34.3 Å². The topological polar surface area (TPSA) is 44.5 Å². The Labute approximate surface area is 100 Å². The van der Waals surface area contributed by atoms with Crippen LogP contribution in [0.1, 0.15) is 6.93 Å². The average Bonchev–Trinajstić information content (AvgIpc) is 2.30. The second-order valence-corrected chi connectivity index (χ2v) is 4.05. The number of methoxy groups -OCH3 is 2. The minimum atomic E-state index is -0.571. The zero-order valence-electron chi connectivity index (χ0n) is 9.81. The van der Waals surface area contributed by atoms with Crippen LogP contribution in [0.2, 0.25) is 0 Å². The molecule has 0 aromatic heterocycles. The molecule has 15 heavy (non-hydrogen) atoms. The zero-order valence-corrected chi connectivity index (χ0v) is 10.4. The van der Waals surface area contributed by atoms with Crippen molar-refractivity contribution in [1.82, 2.24) is 0 Å². The van der Waals surface area contributed by atoms with Gasteiger partial charge in [-0.25, -0.2) is 0 Å². The van der Waals surface area contributed by atoms with E-state index < -0.39 is 18.7 Å². The smallest absolute Gasteiger partial charge is 0.172 e. The molecule has 0 spiro atoms. The van der Waals surface area contributed by atoms with Crippen LogP contribution >= 0.6 is 15.9 Å². The van der Waals surface area contributed by atoms with Gasteiger partial charge in [0.2, 0.25) is 0 Å². The van der Waals surface area contributed by atoms with Crippen LogP contribution in [0.25, 0.3) is 0 Å². The molecule has 1 rings (SSSR count). The Kier molecular flexibility index (Phi) is 4.60. The lowest BCUT2D eigenvalue weighted by Crippen LogP contribution is -2.39. The van der Waals surface area contributed by atoms with Gasteiger partial charge in [-0.3, -0.25) is 0 Å². The second-order valence-electron chi connectivity index (χ2n) is 3.14. The molecule has 2 atom stereocenters. The van der Waals surface area contributed by atoms with Crippen LogP contribution in [0.3, 0.4) is 0 Å². The van der Waals surface area contributed by atoms with Crippen molar-refractivity contribution in [3.63, 3.8) is 0 Å². The van der Waals surface area contributed by atoms with Gasteiger partial charge in [0.1, 0.15) is 0 Å². The highest BCUT2D eigenvalue weighted by atomic mass is 79.9. The van der Waals surface area contributed by atoms with E-state index in [9.17, 15) is 0 Å². The van der Waals surface area contributed by atoms with E-state index in [4.69, 9.17) is 16.6 Å². The Morgan fingerprint density at radius 2 is 1.87 bits per heavy atom. The fourth-order valence-corrected chi connectivity index (χ4v) is 1.55. The SMILES string of the molecule is [2H]C(c1ccc(Br)cc1)C(N)C(OC)OC. The van der Waals surface area contributed by atoms with Gasteiger partial charge in [-0.2, -0.15) is 0 Å². The van der Waals surface area contributed by atoms with Crippen molar-refractivity contribution in [2.45, 2.75) is 18.7 Å². The Hall–Kier alpha value is -0.420. The Bertz CT molecular complexity index is 316. The number of ether oxygens (including phenoxy) is 2. The summed E-state index contributed by atoms with van der Waals surface area (Å²) in [5.41, 5.74) is 6.75. The minimum Gasteiger partial charge on any atom is -0.354 e. The van der Waals surface area contributed by atoms with Gasteiger partial charge in [-0.15, -0.1) is 0 Å². The second kappa shape index (κ2) is 6.23. The predicted molar refractivity (Wildman–Crippen MR) is 63.6 cm³/mol. The molecule has 0 aliphatic rings. The molecule has 0 radical (unpaired) electrons. The van der Waals surface area contributed by atoms with E-state index >= 15 is 0 Å². The molecule has 3 nitrogen and oxygen atoms in total. The maximum absolute atomic E-state index is 8.03. The summed E-state index contributed by atoms with van der Waals surface area (Å²) in [5.74, 6) is 0. The molecule has 0 aliphatic heterocycles. The van der Waals surface area contributed by atoms with E-state index in [2.05, 4.69) is 15.9 Å². The lowest BCUT2D eigenvalue weighted by molar-refractivity contribution is -0.115. The molecule has 1 aromatic carbocycles. The van der Waals surface area contributed by atoms with Crippen LogP contribution in [0.5, 0.6) is 0 Å². The molecule has 0 saturated carbocycles. The van der Waals surface area contributed by atoms with Gasteiger partial charge in [0.05, 0.1) is 6.04 Å². The molecule has 0 amide bonds. The molecule has 0 aliphatic carbocycles. The highest BCUT2D eigenvalue weighted by Crippen LogP contribution is 2.12. The summed E-state index contributed by atoms with van der Waals surface area (Å²) in [4.78, 5) is 0. The van der Waals surface area contributed by atoms with E-state index in [0.29, 0.717) is 0 Å². The first kappa shape index (κ1) is 11.1. The molecule has 2 N–H and O–H groups in total. The van der Waals surface area contributed by atoms with Crippen molar-refractivity contribution in [2.24, 2.45) is 5.73 Å². The molecule has 0 saturated heterocycles. The minimum absolute atomic E-state index is 0.517. The molecule has 84 valence electrons. The van der Waals surface area contributed by atoms with E-state index in [1.165, 1.54) is 14.2 Å². The maximum atomic E-state index is 8.03. The number of benzene rings is 1. The summed E-state index contributed by atoms with van der Waals surface area (Å²) in [6, 6.07) is 6.99. The molecular formula is C11H16BrNO2. The summed E-state index contributed by atoms with van der Waals surface area (Å²) in [6.07, 6.45) is -1.14. The van der Waals surface area contributed by atoms with Crippen molar-refractivity contribution in [1.29, 1.82) is 0 Å². The monoisotopic (exact) mass is 274 g/mol. The van der Waals surface area contributed by atoms with E-state index in [0.717, 1.165) is 10.0 Å². The number of halogens is 1. The van der Waals surface area contributed by atoms with Crippen LogP contribution in [0.4, 0.5) is 0 Å². The fourth-order valence-electron chi connectivity index (χ4n) is 1.29. The molecule has 1 aromatic rings. The molecule has 0 heterocycles. The first-order valence-corrected chi connectivity index (χ1v) is 5.38. The number of hydrogen-bond acceptors (Lipinski definition) is 3. The van der Waals surface area contributed by atoms with E-state index in [1.807, 2.05) is 24.3 Å². The third-order valence-electron chi connectivity index (χ3n) is 2.03. The average molecular weight is 275 g/mol. The lowest BCUT2D eigenvalue weighted by Gasteiger charge is -2.20. The van der Waals surface area contributed by atoms with Crippen LogP contribution in [0.15, 0.2) is 28.7 Å². The van der Waals surface area contributed by atoms with Gasteiger partial charge in [0, 0.05) is 20.1 Å². The molecule has 0 fully saturated rings. The Morgan fingerprint density at radius 3 is 2.33 bits per heavy atom. The highest BCUT2D eigenvalue weighted by molar-refractivity contribution is 9.10. The quantitative estimate of drug-likeness (QED) is 0.835. The first-order chi connectivity index (χ1) is 7.60. The van der Waals surface area contributed by atoms with Crippen LogP contribution in [0, 0.1) is 0 Å². The zero-order chi connectivity index (χ0) is 12.1. The fraction of sp³-hybridized carbons (Fsp3) is 0.455. The maximum Gasteiger partial charge on any atom is 0.172 e. The van der Waals surface area contributed by atoms with Gasteiger partial charge < -0.3 is 15.2 Å². The van der Waals surface area contributed by atoms with Crippen molar-refractivity contribution in [2.75, 3.05) is 14.2 Å². The number of rotatable bonds is 5. The summed E-state index contributed by atoms with van der Waals surface area (Å²) >= 11 is 3.35. The van der Waals surface area contributed by atoms with E-state index in [-0.39, 0.29) is 0 Å². The number of nitrogens with two attached hydrogens (primary N) is 1. The number of hydrogen-bond donors (Lipinski definition) is 1. The standard InChI is InChI=1S/C11H16BrNO2/c1-14-11(15-2)10(13)7-8-3-5-9(12)6-4-8/h3-6,10-11H,7,13H2,1-2H3/i7D. The summed E-state index contributed by atoms with van der Waals surface area (Å²) in [7, 11) is 3.03. The van der Waals surface area contributed by atoms with Crippen LogP contribution in [-0.2, 0) is 15.9 Å². The van der Waals surface area contributed by atoms with Gasteiger partial charge in [0.15, 0.2) is 6.29 Å². The normalized spacial score (nSPS) is 16.2. The summed E-state index contributed by atoms with van der Waals surface area (Å²) in [6.45, 7) is 0. The Morgan fingerprint density at radius 1 is 1.33 bits per heavy atom. The lowest BCUT2D eigenvalue weighted by atomic mass is 10.1. The highest BCUT2D eigenvalue weighted by Gasteiger charge is 2.16. The molecule has 4 heteroatoms. The molecule has 0 bridgehead atoms. The largest absolute Gasteiger partial charge is 0.354 e. The van der Waals surface area contributed by atoms with Crippen molar-refractivity contribution >= 4 is 15.9 Å². The van der Waals surface area contributed by atoms with Crippen LogP contribution < -0.4 is 5.73 Å². The Balaban J connectivity index is 2.76. The third kappa shape index (κ3) is 3.91. The molecular weight excluding hydrogens is 258 g/mol. The van der Waals surface area contributed by atoms with Gasteiger partial charge >= 0.3 is 0 Å². The van der Waals surface area contributed by atoms with Gasteiger partial charge in [0.25, 0.3) is 0 Å². The van der Waals surface area contributed by atoms with E-state index in [1.54, 1.807) is 0 Å². The summed E-state index contributed by atoms with van der Waals surface area (Å²) in [5, 5.41) is 0. The summed E-state index contributed by atoms with van der Waals surface area (Å²) < 4.78 is 19.1. The van der Waals surface area contributed by atoms with Crippen molar-refractivity contribution < 1.29 is 10.8 Å². The van der Waals surface area contributed by atoms with Gasteiger partial charge in [-0.1, -0.05) is 28.1 Å². The van der Waals surface area contributed by atoms with Gasteiger partial charge in [-0.05, 0) is 24.1 Å².